The molecule has 4 heteroatoms. The zero-order chi connectivity index (χ0) is 9.97. The summed E-state index contributed by atoms with van der Waals surface area (Å²) in [5.74, 6) is 0.526. The van der Waals surface area contributed by atoms with E-state index in [2.05, 4.69) is 21.6 Å². The van der Waals surface area contributed by atoms with Crippen LogP contribution in [0.5, 0.6) is 0 Å². The van der Waals surface area contributed by atoms with Crippen LogP contribution in [0.2, 0.25) is 5.02 Å². The van der Waals surface area contributed by atoms with Crippen molar-refractivity contribution in [3.8, 4) is 11.4 Å². The van der Waals surface area contributed by atoms with Crippen LogP contribution in [0.4, 0.5) is 0 Å². The van der Waals surface area contributed by atoms with Gasteiger partial charge in [-0.2, -0.15) is 4.98 Å². The van der Waals surface area contributed by atoms with Crippen molar-refractivity contribution in [2.24, 2.45) is 0 Å². The van der Waals surface area contributed by atoms with Crippen LogP contribution >= 0.6 is 11.6 Å². The van der Waals surface area contributed by atoms with Gasteiger partial charge < -0.3 is 4.52 Å². The Balaban J connectivity index is 2.46. The van der Waals surface area contributed by atoms with Crippen molar-refractivity contribution >= 4 is 11.6 Å². The smallest absolute Gasteiger partial charge is 0.214 e. The fourth-order valence-corrected chi connectivity index (χ4v) is 1.54. The van der Waals surface area contributed by atoms with Gasteiger partial charge in [-0.05, 0) is 24.1 Å². The third-order valence-corrected chi connectivity index (χ3v) is 2.36. The topological polar surface area (TPSA) is 38.9 Å². The summed E-state index contributed by atoms with van der Waals surface area (Å²) in [6.07, 6.45) is 2.26. The minimum Gasteiger partial charge on any atom is -0.342 e. The molecule has 0 spiro atoms. The van der Waals surface area contributed by atoms with E-state index in [9.17, 15) is 0 Å². The lowest BCUT2D eigenvalue weighted by Gasteiger charge is -2.01. The van der Waals surface area contributed by atoms with Crippen LogP contribution in [0.15, 0.2) is 29.1 Å². The summed E-state index contributed by atoms with van der Waals surface area (Å²) in [5, 5.41) is 4.39. The first-order valence-corrected chi connectivity index (χ1v) is 4.74. The Morgan fingerprint density at radius 3 is 2.86 bits per heavy atom. The molecule has 0 fully saturated rings. The molecule has 14 heavy (non-hydrogen) atoms. The Hall–Kier alpha value is -1.35. The van der Waals surface area contributed by atoms with E-state index in [1.54, 1.807) is 0 Å². The minimum absolute atomic E-state index is 0.526. The zero-order valence-electron chi connectivity index (χ0n) is 7.70. The van der Waals surface area contributed by atoms with Gasteiger partial charge in [0, 0.05) is 5.56 Å². The van der Waals surface area contributed by atoms with E-state index in [1.807, 2.05) is 18.2 Å². The lowest BCUT2D eigenvalue weighted by molar-refractivity contribution is 0.419. The monoisotopic (exact) mass is 208 g/mol. The summed E-state index contributed by atoms with van der Waals surface area (Å²) in [4.78, 5) is 3.94. The van der Waals surface area contributed by atoms with Crippen LogP contribution in [0.3, 0.4) is 0 Å². The fourth-order valence-electron chi connectivity index (χ4n) is 1.25. The van der Waals surface area contributed by atoms with E-state index in [1.165, 1.54) is 12.0 Å². The van der Waals surface area contributed by atoms with Gasteiger partial charge in [0.25, 0.3) is 0 Å². The number of aromatic nitrogens is 2. The molecule has 1 aromatic carbocycles. The largest absolute Gasteiger partial charge is 0.342 e. The molecule has 0 saturated heterocycles. The van der Waals surface area contributed by atoms with Gasteiger partial charge >= 0.3 is 0 Å². The summed E-state index contributed by atoms with van der Waals surface area (Å²) in [6.45, 7) is 2.08. The van der Waals surface area contributed by atoms with E-state index < -0.39 is 0 Å². The molecule has 0 N–H and O–H groups in total. The molecule has 1 heterocycles. The first-order valence-electron chi connectivity index (χ1n) is 4.36. The SMILES string of the molecule is CCc1ccc(-c2ncon2)c(Cl)c1. The molecule has 0 aliphatic carbocycles. The molecular weight excluding hydrogens is 200 g/mol. The second-order valence-corrected chi connectivity index (χ2v) is 3.33. The maximum Gasteiger partial charge on any atom is 0.214 e. The third kappa shape index (κ3) is 1.63. The summed E-state index contributed by atoms with van der Waals surface area (Å²) < 4.78 is 4.66. The number of hydrogen-bond acceptors (Lipinski definition) is 3. The van der Waals surface area contributed by atoms with Crippen molar-refractivity contribution in [1.29, 1.82) is 0 Å². The predicted molar refractivity (Wildman–Crippen MR) is 54.1 cm³/mol. The van der Waals surface area contributed by atoms with Gasteiger partial charge in [-0.15, -0.1) is 0 Å². The Labute approximate surface area is 86.7 Å². The number of halogens is 1. The lowest BCUT2D eigenvalue weighted by Crippen LogP contribution is -1.85. The average molecular weight is 209 g/mol. The Morgan fingerprint density at radius 1 is 1.43 bits per heavy atom. The summed E-state index contributed by atoms with van der Waals surface area (Å²) >= 11 is 6.08. The summed E-state index contributed by atoms with van der Waals surface area (Å²) in [5.41, 5.74) is 2.00. The highest BCUT2D eigenvalue weighted by atomic mass is 35.5. The number of rotatable bonds is 2. The second-order valence-electron chi connectivity index (χ2n) is 2.92. The van der Waals surface area contributed by atoms with Crippen molar-refractivity contribution in [3.05, 3.63) is 35.2 Å². The van der Waals surface area contributed by atoms with Gasteiger partial charge in [0.1, 0.15) is 0 Å². The Kier molecular flexibility index (Phi) is 2.50. The zero-order valence-corrected chi connectivity index (χ0v) is 8.45. The van der Waals surface area contributed by atoms with Crippen molar-refractivity contribution in [2.75, 3.05) is 0 Å². The third-order valence-electron chi connectivity index (χ3n) is 2.04. The van der Waals surface area contributed by atoms with E-state index in [4.69, 9.17) is 11.6 Å². The number of hydrogen-bond donors (Lipinski definition) is 0. The van der Waals surface area contributed by atoms with Gasteiger partial charge in [0.15, 0.2) is 0 Å². The molecule has 72 valence electrons. The molecule has 1 aromatic heterocycles. The lowest BCUT2D eigenvalue weighted by atomic mass is 10.1. The maximum absolute atomic E-state index is 6.08. The normalized spacial score (nSPS) is 10.4. The van der Waals surface area contributed by atoms with Gasteiger partial charge in [-0.3, -0.25) is 0 Å². The van der Waals surface area contributed by atoms with Gasteiger partial charge in [-0.1, -0.05) is 29.7 Å². The molecular formula is C10H9ClN2O. The molecule has 0 unspecified atom stereocenters. The second kappa shape index (κ2) is 3.80. The highest BCUT2D eigenvalue weighted by Crippen LogP contribution is 2.26. The van der Waals surface area contributed by atoms with E-state index >= 15 is 0 Å². The molecule has 2 aromatic rings. The summed E-state index contributed by atoms with van der Waals surface area (Å²) in [7, 11) is 0. The van der Waals surface area contributed by atoms with Crippen molar-refractivity contribution < 1.29 is 4.52 Å². The van der Waals surface area contributed by atoms with Crippen LogP contribution in [0.25, 0.3) is 11.4 Å². The predicted octanol–water partition coefficient (Wildman–Crippen LogP) is 2.95. The molecule has 2 rings (SSSR count). The van der Waals surface area contributed by atoms with Crippen molar-refractivity contribution in [1.82, 2.24) is 10.1 Å². The van der Waals surface area contributed by atoms with E-state index in [-0.39, 0.29) is 0 Å². The van der Waals surface area contributed by atoms with Gasteiger partial charge in [0.2, 0.25) is 12.2 Å². The van der Waals surface area contributed by atoms with E-state index in [0.717, 1.165) is 12.0 Å². The summed E-state index contributed by atoms with van der Waals surface area (Å²) in [6, 6.07) is 5.84. The first kappa shape index (κ1) is 9.21. The standard InChI is InChI=1S/C10H9ClN2O/c1-2-7-3-4-8(9(11)5-7)10-12-6-14-13-10/h3-6H,2H2,1H3. The van der Waals surface area contributed by atoms with Crippen molar-refractivity contribution in [2.45, 2.75) is 13.3 Å². The number of aryl methyl sites for hydroxylation is 1. The van der Waals surface area contributed by atoms with Crippen LogP contribution < -0.4 is 0 Å². The molecule has 0 atom stereocenters. The average Bonchev–Trinajstić information content (AvgIpc) is 2.70. The molecule has 0 bridgehead atoms. The highest BCUT2D eigenvalue weighted by Gasteiger charge is 2.07. The quantitative estimate of drug-likeness (QED) is 0.762. The molecule has 0 radical (unpaired) electrons. The molecule has 0 aliphatic heterocycles. The Morgan fingerprint density at radius 2 is 2.29 bits per heavy atom. The molecule has 0 aliphatic rings. The van der Waals surface area contributed by atoms with Gasteiger partial charge in [0.05, 0.1) is 5.02 Å². The van der Waals surface area contributed by atoms with Crippen LogP contribution in [-0.4, -0.2) is 10.1 Å². The van der Waals surface area contributed by atoms with E-state index in [0.29, 0.717) is 10.8 Å². The van der Waals surface area contributed by atoms with Crippen molar-refractivity contribution in [3.63, 3.8) is 0 Å². The first-order chi connectivity index (χ1) is 6.81. The molecule has 0 saturated carbocycles. The molecule has 0 amide bonds. The van der Waals surface area contributed by atoms with Crippen LogP contribution in [0, 0.1) is 0 Å². The maximum atomic E-state index is 6.08. The number of nitrogens with zero attached hydrogens (tertiary/aromatic N) is 2. The van der Waals surface area contributed by atoms with Gasteiger partial charge in [-0.25, -0.2) is 0 Å². The number of benzene rings is 1. The highest BCUT2D eigenvalue weighted by molar-refractivity contribution is 6.33. The van der Waals surface area contributed by atoms with Crippen LogP contribution in [-0.2, 0) is 6.42 Å². The van der Waals surface area contributed by atoms with Crippen LogP contribution in [0.1, 0.15) is 12.5 Å². The Bertz CT molecular complexity index is 426. The minimum atomic E-state index is 0.526. The molecule has 3 nitrogen and oxygen atoms in total. The fraction of sp³-hybridized carbons (Fsp3) is 0.200.